The maximum absolute atomic E-state index is 12.1. The van der Waals surface area contributed by atoms with Crippen LogP contribution in [0.2, 0.25) is 0 Å². The first kappa shape index (κ1) is 18.5. The van der Waals surface area contributed by atoms with E-state index in [0.717, 1.165) is 5.56 Å². The van der Waals surface area contributed by atoms with Crippen molar-refractivity contribution in [3.63, 3.8) is 0 Å². The number of hydrogen-bond acceptors (Lipinski definition) is 4. The molecule has 3 N–H and O–H groups in total. The molecule has 0 unspecified atom stereocenters. The number of carbonyl (C=O) groups excluding carboxylic acids is 2. The molecule has 0 fully saturated rings. The van der Waals surface area contributed by atoms with Gasteiger partial charge in [-0.2, -0.15) is 0 Å². The van der Waals surface area contributed by atoms with E-state index in [1.54, 1.807) is 18.2 Å². The second-order valence-electron chi connectivity index (χ2n) is 5.50. The third kappa shape index (κ3) is 5.93. The summed E-state index contributed by atoms with van der Waals surface area (Å²) < 4.78 is 5.81. The molecule has 0 heterocycles. The van der Waals surface area contributed by atoms with Gasteiger partial charge < -0.3 is 20.5 Å². The molecule has 0 aliphatic carbocycles. The molecule has 25 heavy (non-hydrogen) atoms. The highest BCUT2D eigenvalue weighted by molar-refractivity contribution is 5.96. The molecule has 0 saturated heterocycles. The summed E-state index contributed by atoms with van der Waals surface area (Å²) in [6.07, 6.45) is 0.493. The molecule has 2 rings (SSSR count). The van der Waals surface area contributed by atoms with Gasteiger partial charge in [0.1, 0.15) is 12.4 Å². The summed E-state index contributed by atoms with van der Waals surface area (Å²) in [4.78, 5) is 23.5. The predicted octanol–water partition coefficient (Wildman–Crippen LogP) is 2.34. The Morgan fingerprint density at radius 1 is 1.12 bits per heavy atom. The molecule has 0 saturated carbocycles. The van der Waals surface area contributed by atoms with Gasteiger partial charge in [0.2, 0.25) is 5.91 Å². The smallest absolute Gasteiger partial charge is 0.251 e. The molecular formula is C19H22N2O4. The molecule has 132 valence electrons. The summed E-state index contributed by atoms with van der Waals surface area (Å²) >= 11 is 0. The van der Waals surface area contributed by atoms with E-state index in [0.29, 0.717) is 36.6 Å². The summed E-state index contributed by atoms with van der Waals surface area (Å²) in [5.74, 6) is -0.0500. The summed E-state index contributed by atoms with van der Waals surface area (Å²) in [5.41, 5.74) is 1.92. The fourth-order valence-electron chi connectivity index (χ4n) is 2.19. The lowest BCUT2D eigenvalue weighted by atomic mass is 10.1. The van der Waals surface area contributed by atoms with Gasteiger partial charge in [0.05, 0.1) is 5.69 Å². The number of hydrogen-bond donors (Lipinski definition) is 3. The Labute approximate surface area is 146 Å². The van der Waals surface area contributed by atoms with E-state index in [4.69, 9.17) is 9.84 Å². The zero-order chi connectivity index (χ0) is 18.1. The van der Waals surface area contributed by atoms with Crippen molar-refractivity contribution in [3.05, 3.63) is 59.7 Å². The van der Waals surface area contributed by atoms with Crippen molar-refractivity contribution in [1.29, 1.82) is 0 Å². The molecule has 0 radical (unpaired) electrons. The van der Waals surface area contributed by atoms with E-state index in [2.05, 4.69) is 10.6 Å². The molecule has 0 aliphatic rings. The first-order valence-electron chi connectivity index (χ1n) is 8.07. The lowest BCUT2D eigenvalue weighted by Crippen LogP contribution is -2.25. The first-order chi connectivity index (χ1) is 12.1. The fraction of sp³-hybridized carbons (Fsp3) is 0.263. The summed E-state index contributed by atoms with van der Waals surface area (Å²) in [7, 11) is 0. The highest BCUT2D eigenvalue weighted by Gasteiger charge is 2.12. The number of amides is 2. The van der Waals surface area contributed by atoms with E-state index in [1.165, 1.54) is 6.92 Å². The molecule has 0 aliphatic heterocycles. The Bertz CT molecular complexity index is 717. The Kier molecular flexibility index (Phi) is 6.98. The van der Waals surface area contributed by atoms with Gasteiger partial charge in [0.25, 0.3) is 5.91 Å². The van der Waals surface area contributed by atoms with Crippen molar-refractivity contribution in [2.24, 2.45) is 0 Å². The van der Waals surface area contributed by atoms with Crippen molar-refractivity contribution in [1.82, 2.24) is 5.32 Å². The Hall–Kier alpha value is -2.86. The minimum atomic E-state index is -0.257. The fourth-order valence-corrected chi connectivity index (χ4v) is 2.19. The van der Waals surface area contributed by atoms with Gasteiger partial charge in [-0.1, -0.05) is 30.3 Å². The van der Waals surface area contributed by atoms with Gasteiger partial charge in [0.15, 0.2) is 0 Å². The molecule has 6 heteroatoms. The number of rotatable bonds is 8. The lowest BCUT2D eigenvalue weighted by Gasteiger charge is -2.14. The topological polar surface area (TPSA) is 87.7 Å². The van der Waals surface area contributed by atoms with Gasteiger partial charge in [-0.25, -0.2) is 0 Å². The van der Waals surface area contributed by atoms with Crippen molar-refractivity contribution >= 4 is 17.5 Å². The second-order valence-corrected chi connectivity index (χ2v) is 5.50. The number of ether oxygens (including phenoxy) is 1. The van der Waals surface area contributed by atoms with Crippen LogP contribution < -0.4 is 15.4 Å². The van der Waals surface area contributed by atoms with Crippen molar-refractivity contribution in [2.45, 2.75) is 20.0 Å². The zero-order valence-electron chi connectivity index (χ0n) is 14.1. The summed E-state index contributed by atoms with van der Waals surface area (Å²) in [5, 5.41) is 14.2. The van der Waals surface area contributed by atoms with Crippen LogP contribution in [-0.4, -0.2) is 30.1 Å². The average molecular weight is 342 g/mol. The van der Waals surface area contributed by atoms with E-state index in [9.17, 15) is 9.59 Å². The minimum absolute atomic E-state index is 0.0210. The van der Waals surface area contributed by atoms with Gasteiger partial charge in [-0.05, 0) is 30.2 Å². The molecular weight excluding hydrogens is 320 g/mol. The van der Waals surface area contributed by atoms with Crippen molar-refractivity contribution in [2.75, 3.05) is 18.5 Å². The normalized spacial score (nSPS) is 10.2. The number of anilines is 1. The lowest BCUT2D eigenvalue weighted by molar-refractivity contribution is -0.114. The first-order valence-corrected chi connectivity index (χ1v) is 8.07. The summed E-state index contributed by atoms with van der Waals surface area (Å²) in [6.45, 7) is 2.15. The second kappa shape index (κ2) is 9.44. The third-order valence-electron chi connectivity index (χ3n) is 3.41. The number of carbonyl (C=O) groups is 2. The van der Waals surface area contributed by atoms with Crippen LogP contribution in [0.5, 0.6) is 5.75 Å². The van der Waals surface area contributed by atoms with Crippen LogP contribution in [0.3, 0.4) is 0 Å². The monoisotopic (exact) mass is 342 g/mol. The van der Waals surface area contributed by atoms with Crippen LogP contribution in [0.25, 0.3) is 0 Å². The van der Waals surface area contributed by atoms with Crippen molar-refractivity contribution < 1.29 is 19.4 Å². The van der Waals surface area contributed by atoms with Gasteiger partial charge in [0, 0.05) is 25.6 Å². The molecule has 0 atom stereocenters. The largest absolute Gasteiger partial charge is 0.487 e. The van der Waals surface area contributed by atoms with Gasteiger partial charge in [-0.3, -0.25) is 9.59 Å². The molecule has 0 aromatic heterocycles. The standard InChI is InChI=1S/C19H22N2O4/c1-14(23)21-17-9-8-16(19(24)20-10-5-11-22)12-18(17)25-13-15-6-3-2-4-7-15/h2-4,6-9,12,22H,5,10-11,13H2,1H3,(H,20,24)(H,21,23). The molecule has 0 bridgehead atoms. The highest BCUT2D eigenvalue weighted by Crippen LogP contribution is 2.27. The molecule has 2 aromatic rings. The van der Waals surface area contributed by atoms with Crippen LogP contribution in [0.1, 0.15) is 29.3 Å². The quantitative estimate of drug-likeness (QED) is 0.643. The number of nitrogens with one attached hydrogen (secondary N) is 2. The molecule has 0 spiro atoms. The third-order valence-corrected chi connectivity index (χ3v) is 3.41. The van der Waals surface area contributed by atoms with Gasteiger partial charge in [-0.15, -0.1) is 0 Å². The maximum Gasteiger partial charge on any atom is 0.251 e. The van der Waals surface area contributed by atoms with Crippen LogP contribution in [0.4, 0.5) is 5.69 Å². The van der Waals surface area contributed by atoms with Crippen LogP contribution in [0, 0.1) is 0 Å². The van der Waals surface area contributed by atoms with Gasteiger partial charge >= 0.3 is 0 Å². The van der Waals surface area contributed by atoms with E-state index in [-0.39, 0.29) is 18.4 Å². The SMILES string of the molecule is CC(=O)Nc1ccc(C(=O)NCCCO)cc1OCc1ccccc1. The Morgan fingerprint density at radius 3 is 2.56 bits per heavy atom. The number of aliphatic hydroxyl groups is 1. The maximum atomic E-state index is 12.1. The molecule has 2 amide bonds. The zero-order valence-corrected chi connectivity index (χ0v) is 14.1. The number of aliphatic hydroxyl groups excluding tert-OH is 1. The Morgan fingerprint density at radius 2 is 1.88 bits per heavy atom. The van der Waals surface area contributed by atoms with E-state index in [1.807, 2.05) is 30.3 Å². The molecule has 6 nitrogen and oxygen atoms in total. The minimum Gasteiger partial charge on any atom is -0.487 e. The van der Waals surface area contributed by atoms with E-state index >= 15 is 0 Å². The van der Waals surface area contributed by atoms with Crippen molar-refractivity contribution in [3.8, 4) is 5.75 Å². The van der Waals surface area contributed by atoms with Crippen LogP contribution in [0.15, 0.2) is 48.5 Å². The Balaban J connectivity index is 2.15. The van der Waals surface area contributed by atoms with Crippen LogP contribution >= 0.6 is 0 Å². The summed E-state index contributed by atoms with van der Waals surface area (Å²) in [6, 6.07) is 14.5. The molecule has 2 aromatic carbocycles. The highest BCUT2D eigenvalue weighted by atomic mass is 16.5. The predicted molar refractivity (Wildman–Crippen MR) is 95.6 cm³/mol. The average Bonchev–Trinajstić information content (AvgIpc) is 2.61. The van der Waals surface area contributed by atoms with E-state index < -0.39 is 0 Å². The van der Waals surface area contributed by atoms with Crippen LogP contribution in [-0.2, 0) is 11.4 Å². The number of benzene rings is 2.